The third kappa shape index (κ3) is 4.82. The SMILES string of the molecule is CCOC(=O)c1nn(-c2ccccc2)c(=O)cc1OS(=O)(=O)c1ccc(I)cc1. The second-order valence-electron chi connectivity index (χ2n) is 5.65. The number of hydrogen-bond acceptors (Lipinski definition) is 7. The number of aromatic nitrogens is 2. The topological polar surface area (TPSA) is 105 Å². The number of halogens is 1. The molecule has 1 aromatic heterocycles. The van der Waals surface area contributed by atoms with Crippen molar-refractivity contribution in [1.82, 2.24) is 9.78 Å². The number of ether oxygens (including phenoxy) is 1. The molecular weight excluding hydrogens is 511 g/mol. The first-order chi connectivity index (χ1) is 13.8. The lowest BCUT2D eigenvalue weighted by molar-refractivity contribution is 0.0515. The summed E-state index contributed by atoms with van der Waals surface area (Å²) in [5.74, 6) is -1.41. The average Bonchev–Trinajstić information content (AvgIpc) is 2.69. The van der Waals surface area contributed by atoms with Crippen LogP contribution in [0.2, 0.25) is 0 Å². The maximum Gasteiger partial charge on any atom is 0.362 e. The highest BCUT2D eigenvalue weighted by Gasteiger charge is 2.25. The van der Waals surface area contributed by atoms with Gasteiger partial charge in [0.25, 0.3) is 5.56 Å². The van der Waals surface area contributed by atoms with E-state index in [-0.39, 0.29) is 11.5 Å². The predicted molar refractivity (Wildman–Crippen MR) is 113 cm³/mol. The van der Waals surface area contributed by atoms with Crippen LogP contribution in [-0.2, 0) is 14.9 Å². The van der Waals surface area contributed by atoms with Gasteiger partial charge in [-0.05, 0) is 65.9 Å². The highest BCUT2D eigenvalue weighted by molar-refractivity contribution is 14.1. The molecule has 0 saturated heterocycles. The Bertz CT molecular complexity index is 1190. The molecule has 0 spiro atoms. The molecule has 8 nitrogen and oxygen atoms in total. The second kappa shape index (κ2) is 8.74. The van der Waals surface area contributed by atoms with Gasteiger partial charge in [0, 0.05) is 3.57 Å². The summed E-state index contributed by atoms with van der Waals surface area (Å²) in [4.78, 5) is 24.7. The van der Waals surface area contributed by atoms with E-state index in [2.05, 4.69) is 5.10 Å². The van der Waals surface area contributed by atoms with Crippen molar-refractivity contribution >= 4 is 38.7 Å². The zero-order valence-electron chi connectivity index (χ0n) is 15.1. The molecule has 0 bridgehead atoms. The van der Waals surface area contributed by atoms with Crippen LogP contribution in [0.4, 0.5) is 0 Å². The third-order valence-electron chi connectivity index (χ3n) is 3.67. The maximum absolute atomic E-state index is 12.6. The molecule has 3 rings (SSSR count). The first-order valence-corrected chi connectivity index (χ1v) is 10.9. The molecule has 0 aliphatic heterocycles. The van der Waals surface area contributed by atoms with E-state index < -0.39 is 33.1 Å². The Hall–Kier alpha value is -2.73. The van der Waals surface area contributed by atoms with Crippen molar-refractivity contribution in [3.8, 4) is 11.4 Å². The standard InChI is InChI=1S/C19H15IN2O6S/c1-2-27-19(24)18-16(28-29(25,26)15-10-8-13(20)9-11-15)12-17(23)22(21-18)14-6-4-3-5-7-14/h3-12H,2H2,1H3. The molecule has 2 aromatic carbocycles. The van der Waals surface area contributed by atoms with Crippen LogP contribution >= 0.6 is 22.6 Å². The Morgan fingerprint density at radius 3 is 2.38 bits per heavy atom. The fourth-order valence-electron chi connectivity index (χ4n) is 2.37. The maximum atomic E-state index is 12.6. The molecule has 3 aromatic rings. The molecule has 0 unspecified atom stereocenters. The van der Waals surface area contributed by atoms with E-state index in [1.807, 2.05) is 22.6 Å². The van der Waals surface area contributed by atoms with Crippen molar-refractivity contribution < 1.29 is 22.1 Å². The van der Waals surface area contributed by atoms with Gasteiger partial charge in [-0.2, -0.15) is 18.2 Å². The van der Waals surface area contributed by atoms with Crippen LogP contribution in [-0.4, -0.2) is 30.8 Å². The molecular formula is C19H15IN2O6S. The van der Waals surface area contributed by atoms with Gasteiger partial charge in [-0.1, -0.05) is 18.2 Å². The lowest BCUT2D eigenvalue weighted by atomic mass is 10.3. The summed E-state index contributed by atoms with van der Waals surface area (Å²) >= 11 is 2.03. The Balaban J connectivity index is 2.10. The number of nitrogens with zero attached hydrogens (tertiary/aromatic N) is 2. The monoisotopic (exact) mass is 526 g/mol. The smallest absolute Gasteiger partial charge is 0.362 e. The predicted octanol–water partition coefficient (Wildman–Crippen LogP) is 2.78. The number of hydrogen-bond donors (Lipinski definition) is 0. The van der Waals surface area contributed by atoms with E-state index in [1.54, 1.807) is 49.4 Å². The summed E-state index contributed by atoms with van der Waals surface area (Å²) in [7, 11) is -4.29. The summed E-state index contributed by atoms with van der Waals surface area (Å²) in [6.07, 6.45) is 0. The quantitative estimate of drug-likeness (QED) is 0.277. The largest absolute Gasteiger partial charge is 0.461 e. The fraction of sp³-hybridized carbons (Fsp3) is 0.105. The molecule has 0 N–H and O–H groups in total. The molecule has 0 aliphatic rings. The van der Waals surface area contributed by atoms with E-state index in [4.69, 9.17) is 8.92 Å². The summed E-state index contributed by atoms with van der Waals surface area (Å²) in [5, 5.41) is 3.99. The van der Waals surface area contributed by atoms with Crippen molar-refractivity contribution in [2.24, 2.45) is 0 Å². The summed E-state index contributed by atoms with van der Waals surface area (Å²) < 4.78 is 37.0. The number of carbonyl (C=O) groups is 1. The van der Waals surface area contributed by atoms with Gasteiger partial charge >= 0.3 is 16.1 Å². The number of para-hydroxylation sites is 1. The lowest BCUT2D eigenvalue weighted by Crippen LogP contribution is -2.26. The highest BCUT2D eigenvalue weighted by atomic mass is 127. The van der Waals surface area contributed by atoms with Gasteiger partial charge < -0.3 is 8.92 Å². The van der Waals surface area contributed by atoms with Gasteiger partial charge in [0.05, 0.1) is 18.4 Å². The Kier molecular flexibility index (Phi) is 6.33. The molecule has 0 fully saturated rings. The Morgan fingerprint density at radius 1 is 1.10 bits per heavy atom. The number of rotatable bonds is 6. The third-order valence-corrected chi connectivity index (χ3v) is 5.64. The first-order valence-electron chi connectivity index (χ1n) is 8.39. The molecule has 10 heteroatoms. The van der Waals surface area contributed by atoms with Crippen LogP contribution in [0.3, 0.4) is 0 Å². The fourth-order valence-corrected chi connectivity index (χ4v) is 3.66. The molecule has 150 valence electrons. The van der Waals surface area contributed by atoms with Gasteiger partial charge in [-0.25, -0.2) is 4.79 Å². The van der Waals surface area contributed by atoms with Crippen LogP contribution < -0.4 is 9.74 Å². The van der Waals surface area contributed by atoms with Crippen LogP contribution in [0.25, 0.3) is 5.69 Å². The van der Waals surface area contributed by atoms with E-state index >= 15 is 0 Å². The summed E-state index contributed by atoms with van der Waals surface area (Å²) in [6, 6.07) is 15.2. The van der Waals surface area contributed by atoms with Crippen LogP contribution in [0.15, 0.2) is 70.4 Å². The summed E-state index contributed by atoms with van der Waals surface area (Å²) in [6.45, 7) is 1.63. The number of esters is 1. The van der Waals surface area contributed by atoms with Gasteiger partial charge in [0.1, 0.15) is 4.90 Å². The highest BCUT2D eigenvalue weighted by Crippen LogP contribution is 2.22. The van der Waals surface area contributed by atoms with Crippen molar-refractivity contribution in [3.63, 3.8) is 0 Å². The molecule has 1 heterocycles. The van der Waals surface area contributed by atoms with E-state index in [1.165, 1.54) is 12.1 Å². The zero-order chi connectivity index (χ0) is 21.0. The van der Waals surface area contributed by atoms with Crippen molar-refractivity contribution in [1.29, 1.82) is 0 Å². The van der Waals surface area contributed by atoms with Crippen LogP contribution in [0, 0.1) is 3.57 Å². The van der Waals surface area contributed by atoms with Gasteiger partial charge in [-0.3, -0.25) is 4.79 Å². The Labute approximate surface area is 180 Å². The molecule has 0 atom stereocenters. The number of carbonyl (C=O) groups excluding carboxylic acids is 1. The van der Waals surface area contributed by atoms with Crippen LogP contribution in [0.5, 0.6) is 5.75 Å². The first kappa shape index (κ1) is 21.0. The van der Waals surface area contributed by atoms with E-state index in [0.29, 0.717) is 5.69 Å². The minimum atomic E-state index is -4.29. The van der Waals surface area contributed by atoms with Gasteiger partial charge in [0.2, 0.25) is 5.69 Å². The minimum Gasteiger partial charge on any atom is -0.461 e. The Morgan fingerprint density at radius 2 is 1.76 bits per heavy atom. The zero-order valence-corrected chi connectivity index (χ0v) is 18.1. The number of benzene rings is 2. The average molecular weight is 526 g/mol. The molecule has 0 saturated carbocycles. The summed E-state index contributed by atoms with van der Waals surface area (Å²) in [5.41, 5.74) is -0.698. The molecule has 0 amide bonds. The van der Waals surface area contributed by atoms with Crippen LogP contribution in [0.1, 0.15) is 17.4 Å². The lowest BCUT2D eigenvalue weighted by Gasteiger charge is -2.12. The second-order valence-corrected chi connectivity index (χ2v) is 8.45. The minimum absolute atomic E-state index is 0.0360. The normalized spacial score (nSPS) is 11.1. The van der Waals surface area contributed by atoms with Crippen molar-refractivity contribution in [2.45, 2.75) is 11.8 Å². The molecule has 0 aliphatic carbocycles. The van der Waals surface area contributed by atoms with Gasteiger partial charge in [0.15, 0.2) is 5.75 Å². The van der Waals surface area contributed by atoms with Crippen molar-refractivity contribution in [3.05, 3.63) is 80.3 Å². The molecule has 0 radical (unpaired) electrons. The van der Waals surface area contributed by atoms with Crippen molar-refractivity contribution in [2.75, 3.05) is 6.61 Å². The van der Waals surface area contributed by atoms with Gasteiger partial charge in [-0.15, -0.1) is 0 Å². The van der Waals surface area contributed by atoms with E-state index in [0.717, 1.165) is 14.3 Å². The molecule has 29 heavy (non-hydrogen) atoms. The van der Waals surface area contributed by atoms with E-state index in [9.17, 15) is 18.0 Å².